The molecule has 0 aliphatic carbocycles. The first-order valence-electron chi connectivity index (χ1n) is 6.56. The van der Waals surface area contributed by atoms with Gasteiger partial charge >= 0.3 is 6.01 Å². The van der Waals surface area contributed by atoms with Crippen molar-refractivity contribution in [3.63, 3.8) is 0 Å². The lowest BCUT2D eigenvalue weighted by Crippen LogP contribution is -2.00. The average molecular weight is 282 g/mol. The topological polar surface area (TPSA) is 77.8 Å². The molecule has 0 atom stereocenters. The number of rotatable bonds is 5. The van der Waals surface area contributed by atoms with Crippen LogP contribution in [0.5, 0.6) is 11.9 Å². The van der Waals surface area contributed by atoms with Gasteiger partial charge in [-0.2, -0.15) is 4.98 Å². The number of nitrogens with zero attached hydrogens (tertiary/aromatic N) is 5. The second kappa shape index (κ2) is 6.00. The molecule has 1 aromatic carbocycles. The van der Waals surface area contributed by atoms with Gasteiger partial charge in [-0.1, -0.05) is 18.2 Å². The first-order valence-corrected chi connectivity index (χ1v) is 6.56. The second-order valence-corrected chi connectivity index (χ2v) is 4.18. The molecular weight excluding hydrogens is 268 g/mol. The standard InChI is InChI=1S/C14H14N6O/c1-2-15-12-8-13(17-9-16-12)21-14-18-10-20(19-14)11-6-4-3-5-7-11/h3-10H,2H2,1H3,(H,15,16,17). The van der Waals surface area contributed by atoms with E-state index in [-0.39, 0.29) is 6.01 Å². The molecule has 0 bridgehead atoms. The predicted molar refractivity (Wildman–Crippen MR) is 77.6 cm³/mol. The number of hydrogen-bond donors (Lipinski definition) is 1. The van der Waals surface area contributed by atoms with Gasteiger partial charge < -0.3 is 10.1 Å². The number of aromatic nitrogens is 5. The molecule has 0 aliphatic rings. The molecule has 0 spiro atoms. The van der Waals surface area contributed by atoms with Crippen LogP contribution in [0.1, 0.15) is 6.92 Å². The van der Waals surface area contributed by atoms with Gasteiger partial charge in [0.25, 0.3) is 0 Å². The Kier molecular flexibility index (Phi) is 3.72. The zero-order valence-corrected chi connectivity index (χ0v) is 11.5. The summed E-state index contributed by atoms with van der Waals surface area (Å²) in [5.41, 5.74) is 0.913. The van der Waals surface area contributed by atoms with Crippen LogP contribution in [0, 0.1) is 0 Å². The van der Waals surface area contributed by atoms with Crippen molar-refractivity contribution in [2.24, 2.45) is 0 Å². The van der Waals surface area contributed by atoms with E-state index >= 15 is 0 Å². The minimum absolute atomic E-state index is 0.236. The van der Waals surface area contributed by atoms with Crippen LogP contribution >= 0.6 is 0 Å². The maximum atomic E-state index is 5.53. The highest BCUT2D eigenvalue weighted by atomic mass is 16.5. The van der Waals surface area contributed by atoms with Crippen LogP contribution < -0.4 is 10.1 Å². The highest BCUT2D eigenvalue weighted by molar-refractivity contribution is 5.37. The van der Waals surface area contributed by atoms with Gasteiger partial charge in [-0.15, -0.1) is 5.10 Å². The van der Waals surface area contributed by atoms with E-state index in [1.54, 1.807) is 17.1 Å². The van der Waals surface area contributed by atoms with Gasteiger partial charge in [0.1, 0.15) is 18.5 Å². The molecule has 0 fully saturated rings. The summed E-state index contributed by atoms with van der Waals surface area (Å²) >= 11 is 0. The summed E-state index contributed by atoms with van der Waals surface area (Å²) < 4.78 is 7.17. The van der Waals surface area contributed by atoms with E-state index in [4.69, 9.17) is 4.74 Å². The van der Waals surface area contributed by atoms with Crippen molar-refractivity contribution in [2.45, 2.75) is 6.92 Å². The summed E-state index contributed by atoms with van der Waals surface area (Å²) in [6.07, 6.45) is 3.03. The summed E-state index contributed by atoms with van der Waals surface area (Å²) in [5.74, 6) is 1.09. The van der Waals surface area contributed by atoms with E-state index in [1.165, 1.54) is 6.33 Å². The third kappa shape index (κ3) is 3.14. The van der Waals surface area contributed by atoms with Gasteiger partial charge in [-0.3, -0.25) is 0 Å². The van der Waals surface area contributed by atoms with Gasteiger partial charge in [0, 0.05) is 12.6 Å². The highest BCUT2D eigenvalue weighted by Crippen LogP contribution is 2.17. The summed E-state index contributed by atoms with van der Waals surface area (Å²) in [6.45, 7) is 2.77. The van der Waals surface area contributed by atoms with Crippen molar-refractivity contribution >= 4 is 5.82 Å². The van der Waals surface area contributed by atoms with Gasteiger partial charge in [-0.25, -0.2) is 14.6 Å². The van der Waals surface area contributed by atoms with Crippen LogP contribution in [0.15, 0.2) is 49.1 Å². The van der Waals surface area contributed by atoms with Crippen molar-refractivity contribution in [1.29, 1.82) is 0 Å². The first kappa shape index (κ1) is 13.0. The molecule has 3 rings (SSSR count). The minimum Gasteiger partial charge on any atom is -0.404 e. The number of nitrogens with one attached hydrogen (secondary N) is 1. The number of benzene rings is 1. The predicted octanol–water partition coefficient (Wildman–Crippen LogP) is 2.28. The van der Waals surface area contributed by atoms with Crippen LogP contribution in [0.25, 0.3) is 5.69 Å². The number of ether oxygens (including phenoxy) is 1. The Morgan fingerprint density at radius 1 is 1.14 bits per heavy atom. The molecule has 0 aliphatic heterocycles. The van der Waals surface area contributed by atoms with Gasteiger partial charge in [0.15, 0.2) is 0 Å². The summed E-state index contributed by atoms with van der Waals surface area (Å²) in [4.78, 5) is 12.2. The molecule has 0 radical (unpaired) electrons. The van der Waals surface area contributed by atoms with Crippen LogP contribution in [0.2, 0.25) is 0 Å². The number of anilines is 1. The number of para-hydroxylation sites is 1. The summed E-state index contributed by atoms with van der Waals surface area (Å²) in [7, 11) is 0. The molecule has 106 valence electrons. The zero-order valence-electron chi connectivity index (χ0n) is 11.5. The molecular formula is C14H14N6O. The van der Waals surface area contributed by atoms with Gasteiger partial charge in [-0.05, 0) is 19.1 Å². The van der Waals surface area contributed by atoms with Crippen molar-refractivity contribution < 1.29 is 4.74 Å². The third-order valence-electron chi connectivity index (χ3n) is 2.69. The van der Waals surface area contributed by atoms with Crippen LogP contribution in [-0.2, 0) is 0 Å². The fourth-order valence-corrected chi connectivity index (χ4v) is 1.77. The molecule has 2 heterocycles. The number of hydrogen-bond acceptors (Lipinski definition) is 6. The van der Waals surface area contributed by atoms with Crippen molar-refractivity contribution in [3.8, 4) is 17.6 Å². The lowest BCUT2D eigenvalue weighted by molar-refractivity contribution is 0.424. The van der Waals surface area contributed by atoms with E-state index in [2.05, 4.69) is 25.4 Å². The van der Waals surface area contributed by atoms with Crippen LogP contribution in [0.3, 0.4) is 0 Å². The van der Waals surface area contributed by atoms with E-state index in [0.29, 0.717) is 11.7 Å². The lowest BCUT2D eigenvalue weighted by Gasteiger charge is -2.03. The van der Waals surface area contributed by atoms with Gasteiger partial charge in [0.05, 0.1) is 5.69 Å². The molecule has 0 unspecified atom stereocenters. The molecule has 0 saturated carbocycles. The average Bonchev–Trinajstić information content (AvgIpc) is 2.97. The van der Waals surface area contributed by atoms with Crippen LogP contribution in [-0.4, -0.2) is 31.3 Å². The Morgan fingerprint density at radius 2 is 2.00 bits per heavy atom. The minimum atomic E-state index is 0.236. The summed E-state index contributed by atoms with van der Waals surface area (Å²) in [5, 5.41) is 7.34. The van der Waals surface area contributed by atoms with Crippen LogP contribution in [0.4, 0.5) is 5.82 Å². The molecule has 7 heteroatoms. The molecule has 0 amide bonds. The lowest BCUT2D eigenvalue weighted by atomic mass is 10.3. The molecule has 1 N–H and O–H groups in total. The fraction of sp³-hybridized carbons (Fsp3) is 0.143. The van der Waals surface area contributed by atoms with Crippen molar-refractivity contribution in [3.05, 3.63) is 49.1 Å². The van der Waals surface area contributed by atoms with E-state index in [1.807, 2.05) is 37.3 Å². The highest BCUT2D eigenvalue weighted by Gasteiger charge is 2.06. The maximum Gasteiger partial charge on any atom is 0.342 e. The SMILES string of the molecule is CCNc1cc(Oc2ncn(-c3ccccc3)n2)ncn1. The first-order chi connectivity index (χ1) is 10.3. The normalized spacial score (nSPS) is 10.3. The second-order valence-electron chi connectivity index (χ2n) is 4.18. The smallest absolute Gasteiger partial charge is 0.342 e. The van der Waals surface area contributed by atoms with E-state index in [0.717, 1.165) is 12.2 Å². The quantitative estimate of drug-likeness (QED) is 0.773. The summed E-state index contributed by atoms with van der Waals surface area (Å²) in [6, 6.07) is 11.6. The monoisotopic (exact) mass is 282 g/mol. The molecule has 7 nitrogen and oxygen atoms in total. The molecule has 0 saturated heterocycles. The third-order valence-corrected chi connectivity index (χ3v) is 2.69. The van der Waals surface area contributed by atoms with E-state index < -0.39 is 0 Å². The van der Waals surface area contributed by atoms with Crippen molar-refractivity contribution in [2.75, 3.05) is 11.9 Å². The Labute approximate surface area is 121 Å². The Bertz CT molecular complexity index is 712. The Morgan fingerprint density at radius 3 is 2.81 bits per heavy atom. The molecule has 3 aromatic rings. The Balaban J connectivity index is 1.77. The Hall–Kier alpha value is -2.96. The van der Waals surface area contributed by atoms with E-state index in [9.17, 15) is 0 Å². The van der Waals surface area contributed by atoms with Gasteiger partial charge in [0.2, 0.25) is 5.88 Å². The largest absolute Gasteiger partial charge is 0.404 e. The molecule has 21 heavy (non-hydrogen) atoms. The van der Waals surface area contributed by atoms with Crippen molar-refractivity contribution in [1.82, 2.24) is 24.7 Å². The molecule has 2 aromatic heterocycles. The maximum absolute atomic E-state index is 5.53. The zero-order chi connectivity index (χ0) is 14.5. The fourth-order valence-electron chi connectivity index (χ4n) is 1.77.